The van der Waals surface area contributed by atoms with Gasteiger partial charge in [-0.3, -0.25) is 0 Å². The number of thiophene rings is 1. The number of rotatable bonds is 5. The average Bonchev–Trinajstić information content (AvgIpc) is 3.43. The van der Waals surface area contributed by atoms with Gasteiger partial charge in [-0.15, -0.1) is 11.3 Å². The van der Waals surface area contributed by atoms with Crippen LogP contribution in [0.2, 0.25) is 0 Å². The van der Waals surface area contributed by atoms with E-state index in [0.29, 0.717) is 25.0 Å². The van der Waals surface area contributed by atoms with Gasteiger partial charge in [-0.2, -0.15) is 0 Å². The van der Waals surface area contributed by atoms with Crippen molar-refractivity contribution in [2.75, 3.05) is 25.1 Å². The number of anilines is 1. The fourth-order valence-electron chi connectivity index (χ4n) is 4.14. The van der Waals surface area contributed by atoms with Crippen molar-refractivity contribution in [1.82, 2.24) is 15.1 Å². The lowest BCUT2D eigenvalue weighted by Gasteiger charge is -2.38. The van der Waals surface area contributed by atoms with Gasteiger partial charge in [-0.25, -0.2) is 9.97 Å². The molecule has 1 aliphatic rings. The first-order valence-corrected chi connectivity index (χ1v) is 11.2. The van der Waals surface area contributed by atoms with Crippen LogP contribution in [-0.2, 0) is 6.42 Å². The number of hydrogen-bond donors (Lipinski definition) is 1. The topological polar surface area (TPSA) is 84.5 Å². The van der Waals surface area contributed by atoms with Crippen molar-refractivity contribution in [2.24, 2.45) is 0 Å². The summed E-state index contributed by atoms with van der Waals surface area (Å²) in [6.07, 6.45) is 1.71. The highest BCUT2D eigenvalue weighted by Gasteiger charge is 2.35. The molecule has 4 aromatic rings. The zero-order chi connectivity index (χ0) is 21.4. The van der Waals surface area contributed by atoms with Gasteiger partial charge in [0.2, 0.25) is 0 Å². The number of piperidine rings is 1. The molecule has 4 heterocycles. The van der Waals surface area contributed by atoms with Gasteiger partial charge in [-0.05, 0) is 43.3 Å². The minimum atomic E-state index is -0.822. The summed E-state index contributed by atoms with van der Waals surface area (Å²) in [5.74, 6) is 3.20. The van der Waals surface area contributed by atoms with Crippen LogP contribution in [0.3, 0.4) is 0 Å². The maximum atomic E-state index is 11.2. The molecule has 0 spiro atoms. The van der Waals surface area contributed by atoms with E-state index in [-0.39, 0.29) is 0 Å². The molecular formula is C23H24N4O3S. The van der Waals surface area contributed by atoms with Gasteiger partial charge in [0.05, 0.1) is 18.1 Å². The van der Waals surface area contributed by atoms with E-state index in [0.717, 1.165) is 52.0 Å². The highest BCUT2D eigenvalue weighted by atomic mass is 32.1. The van der Waals surface area contributed by atoms with E-state index in [1.165, 1.54) is 0 Å². The van der Waals surface area contributed by atoms with Crippen LogP contribution in [0.5, 0.6) is 5.75 Å². The first-order valence-electron chi connectivity index (χ1n) is 10.3. The average molecular weight is 437 g/mol. The summed E-state index contributed by atoms with van der Waals surface area (Å²) in [4.78, 5) is 12.5. The number of hydrogen-bond acceptors (Lipinski definition) is 8. The quantitative estimate of drug-likeness (QED) is 0.501. The minimum Gasteiger partial charge on any atom is -0.497 e. The Balaban J connectivity index is 1.29. The Hall–Kier alpha value is -2.97. The summed E-state index contributed by atoms with van der Waals surface area (Å²) >= 11 is 1.63. The van der Waals surface area contributed by atoms with E-state index in [2.05, 4.69) is 26.1 Å². The molecule has 160 valence electrons. The van der Waals surface area contributed by atoms with Gasteiger partial charge in [0.1, 0.15) is 33.7 Å². The highest BCUT2D eigenvalue weighted by Crippen LogP contribution is 2.34. The summed E-state index contributed by atoms with van der Waals surface area (Å²) in [6, 6.07) is 11.7. The van der Waals surface area contributed by atoms with Gasteiger partial charge in [0.15, 0.2) is 0 Å². The van der Waals surface area contributed by atoms with E-state index in [9.17, 15) is 5.11 Å². The number of fused-ring (bicyclic) bond motifs is 1. The summed E-state index contributed by atoms with van der Waals surface area (Å²) < 4.78 is 10.8. The molecule has 0 bridgehead atoms. The smallest absolute Gasteiger partial charge is 0.141 e. The van der Waals surface area contributed by atoms with E-state index in [1.54, 1.807) is 18.4 Å². The lowest BCUT2D eigenvalue weighted by molar-refractivity contribution is 0.0109. The van der Waals surface area contributed by atoms with E-state index >= 15 is 0 Å². The molecule has 0 aliphatic carbocycles. The second-order valence-corrected chi connectivity index (χ2v) is 8.93. The second kappa shape index (κ2) is 7.94. The third-order valence-electron chi connectivity index (χ3n) is 5.84. The Labute approximate surface area is 184 Å². The molecule has 8 heteroatoms. The Morgan fingerprint density at radius 1 is 1.19 bits per heavy atom. The second-order valence-electron chi connectivity index (χ2n) is 8.03. The summed E-state index contributed by atoms with van der Waals surface area (Å²) in [5.41, 5.74) is 0.846. The third kappa shape index (κ3) is 4.00. The van der Waals surface area contributed by atoms with Crippen LogP contribution in [0, 0.1) is 6.92 Å². The van der Waals surface area contributed by atoms with Gasteiger partial charge in [0, 0.05) is 31.1 Å². The molecular weight excluding hydrogens is 412 g/mol. The van der Waals surface area contributed by atoms with E-state index in [1.807, 2.05) is 42.6 Å². The van der Waals surface area contributed by atoms with Gasteiger partial charge >= 0.3 is 0 Å². The molecule has 7 nitrogen and oxygen atoms in total. The first-order chi connectivity index (χ1) is 15.0. The van der Waals surface area contributed by atoms with Crippen LogP contribution in [0.1, 0.15) is 24.4 Å². The Kier molecular flexibility index (Phi) is 5.11. The monoisotopic (exact) mass is 436 g/mol. The van der Waals surface area contributed by atoms with E-state index < -0.39 is 5.60 Å². The normalized spacial score (nSPS) is 16.0. The predicted octanol–water partition coefficient (Wildman–Crippen LogP) is 4.24. The Bertz CT molecular complexity index is 1210. The molecule has 1 fully saturated rings. The van der Waals surface area contributed by atoms with Crippen molar-refractivity contribution >= 4 is 27.4 Å². The number of nitrogens with zero attached hydrogens (tertiary/aromatic N) is 4. The van der Waals surface area contributed by atoms with Crippen molar-refractivity contribution in [2.45, 2.75) is 31.8 Å². The molecule has 31 heavy (non-hydrogen) atoms. The molecule has 0 radical (unpaired) electrons. The molecule has 3 aromatic heterocycles. The lowest BCUT2D eigenvalue weighted by atomic mass is 9.87. The third-order valence-corrected chi connectivity index (χ3v) is 6.64. The summed E-state index contributed by atoms with van der Waals surface area (Å²) in [7, 11) is 1.64. The Morgan fingerprint density at radius 2 is 2.03 bits per heavy atom. The minimum absolute atomic E-state index is 0.439. The molecule has 0 saturated carbocycles. The van der Waals surface area contributed by atoms with Gasteiger partial charge in [-0.1, -0.05) is 17.3 Å². The highest BCUT2D eigenvalue weighted by molar-refractivity contribution is 7.16. The van der Waals surface area contributed by atoms with Crippen LogP contribution in [0.25, 0.3) is 21.5 Å². The van der Waals surface area contributed by atoms with Crippen molar-refractivity contribution in [3.8, 4) is 17.0 Å². The SMILES string of the molecule is COc1cccc(-c2cc(CC3(O)CCN(c4nc(C)nc5sccc45)CC3)on2)c1. The van der Waals surface area contributed by atoms with Crippen molar-refractivity contribution in [1.29, 1.82) is 0 Å². The first kappa shape index (κ1) is 20.0. The molecule has 0 atom stereocenters. The fraction of sp³-hybridized carbons (Fsp3) is 0.348. The zero-order valence-corrected chi connectivity index (χ0v) is 18.4. The predicted molar refractivity (Wildman–Crippen MR) is 121 cm³/mol. The molecule has 5 rings (SSSR count). The number of ether oxygens (including phenoxy) is 1. The molecule has 1 aliphatic heterocycles. The standard InChI is InChI=1S/C23H24N4O3S/c1-15-24-21(19-6-11-31-22(19)25-15)27-9-7-23(28,8-10-27)14-18-13-20(26-30-18)16-4-3-5-17(12-16)29-2/h3-6,11-13,28H,7-10,14H2,1-2H3. The van der Waals surface area contributed by atoms with Crippen molar-refractivity contribution in [3.05, 3.63) is 53.4 Å². The Morgan fingerprint density at radius 3 is 2.84 bits per heavy atom. The summed E-state index contributed by atoms with van der Waals surface area (Å²) in [6.45, 7) is 3.39. The van der Waals surface area contributed by atoms with Crippen LogP contribution in [-0.4, -0.2) is 46.0 Å². The molecule has 0 amide bonds. The molecule has 1 aromatic carbocycles. The maximum absolute atomic E-state index is 11.2. The van der Waals surface area contributed by atoms with Crippen LogP contribution in [0.4, 0.5) is 5.82 Å². The largest absolute Gasteiger partial charge is 0.497 e. The molecule has 1 N–H and O–H groups in total. The number of benzene rings is 1. The number of aromatic nitrogens is 3. The fourth-order valence-corrected chi connectivity index (χ4v) is 4.94. The zero-order valence-electron chi connectivity index (χ0n) is 17.5. The summed E-state index contributed by atoms with van der Waals surface area (Å²) in [5, 5.41) is 18.5. The molecule has 0 unspecified atom stereocenters. The maximum Gasteiger partial charge on any atom is 0.141 e. The van der Waals surface area contributed by atoms with Gasteiger partial charge in [0.25, 0.3) is 0 Å². The lowest BCUT2D eigenvalue weighted by Crippen LogP contribution is -2.46. The van der Waals surface area contributed by atoms with Crippen LogP contribution in [0.15, 0.2) is 46.3 Å². The van der Waals surface area contributed by atoms with E-state index in [4.69, 9.17) is 9.26 Å². The number of methoxy groups -OCH3 is 1. The number of aryl methyl sites for hydroxylation is 1. The van der Waals surface area contributed by atoms with Crippen LogP contribution >= 0.6 is 11.3 Å². The number of aliphatic hydroxyl groups is 1. The van der Waals surface area contributed by atoms with Gasteiger partial charge < -0.3 is 19.3 Å². The van der Waals surface area contributed by atoms with Crippen molar-refractivity contribution < 1.29 is 14.4 Å². The van der Waals surface area contributed by atoms with Crippen LogP contribution < -0.4 is 9.64 Å². The molecule has 1 saturated heterocycles. The van der Waals surface area contributed by atoms with Crippen molar-refractivity contribution in [3.63, 3.8) is 0 Å².